The van der Waals surface area contributed by atoms with Crippen LogP contribution in [0.3, 0.4) is 0 Å². The van der Waals surface area contributed by atoms with E-state index in [1.54, 1.807) is 0 Å². The van der Waals surface area contributed by atoms with Crippen LogP contribution in [0.1, 0.15) is 43.9 Å². The maximum Gasteiger partial charge on any atom is 0.234 e. The fraction of sp³-hybridized carbons (Fsp3) is 0.391. The third kappa shape index (κ3) is 6.31. The molecule has 0 aliphatic rings. The van der Waals surface area contributed by atoms with E-state index >= 15 is 0 Å². The highest BCUT2D eigenvalue weighted by Gasteiger charge is 2.19. The van der Waals surface area contributed by atoms with E-state index in [9.17, 15) is 4.79 Å². The molecular weight excluding hydrogens is 352 g/mol. The molecule has 0 spiro atoms. The molecule has 0 saturated heterocycles. The first kappa shape index (κ1) is 21.3. The van der Waals surface area contributed by atoms with E-state index in [0.29, 0.717) is 25.5 Å². The second-order valence-electron chi connectivity index (χ2n) is 7.67. The number of carbonyl (C=O) groups excluding carboxylic acids is 1. The molecule has 5 heteroatoms. The first-order valence-corrected chi connectivity index (χ1v) is 9.39. The quantitative estimate of drug-likeness (QED) is 0.694. The van der Waals surface area contributed by atoms with Crippen molar-refractivity contribution in [2.75, 3.05) is 13.2 Å². The zero-order valence-electron chi connectivity index (χ0n) is 17.0. The molecule has 2 rings (SSSR count). The number of hydrogen-bond donors (Lipinski definition) is 1. The van der Waals surface area contributed by atoms with Crippen molar-refractivity contribution < 1.29 is 14.3 Å². The molecule has 0 aromatic heterocycles. The Morgan fingerprint density at radius 3 is 2.43 bits per heavy atom. The van der Waals surface area contributed by atoms with Crippen molar-refractivity contribution in [1.82, 2.24) is 5.32 Å². The summed E-state index contributed by atoms with van der Waals surface area (Å²) in [5, 5.41) is 11.3. The number of aryl methyl sites for hydroxylation is 1. The van der Waals surface area contributed by atoms with Crippen molar-refractivity contribution in [3.8, 4) is 17.6 Å². The third-order valence-electron chi connectivity index (χ3n) is 4.23. The van der Waals surface area contributed by atoms with Crippen LogP contribution >= 0.6 is 0 Å². The average molecular weight is 380 g/mol. The van der Waals surface area contributed by atoms with Crippen LogP contribution < -0.4 is 14.8 Å². The lowest BCUT2D eigenvalue weighted by Gasteiger charge is -2.23. The Bertz CT molecular complexity index is 848. The van der Waals surface area contributed by atoms with Crippen molar-refractivity contribution >= 4 is 5.91 Å². The van der Waals surface area contributed by atoms with Crippen LogP contribution in [-0.2, 0) is 16.8 Å². The lowest BCUT2D eigenvalue weighted by molar-refractivity contribution is -0.120. The lowest BCUT2D eigenvalue weighted by atomic mass is 9.85. The van der Waals surface area contributed by atoms with Gasteiger partial charge in [-0.15, -0.1) is 0 Å². The van der Waals surface area contributed by atoms with E-state index in [1.165, 1.54) is 11.1 Å². The summed E-state index contributed by atoms with van der Waals surface area (Å²) in [7, 11) is 0. The minimum atomic E-state index is -0.297. The van der Waals surface area contributed by atoms with Gasteiger partial charge in [-0.2, -0.15) is 5.26 Å². The second-order valence-corrected chi connectivity index (χ2v) is 7.67. The minimum Gasteiger partial charge on any atom is -0.490 e. The fourth-order valence-corrected chi connectivity index (χ4v) is 2.78. The van der Waals surface area contributed by atoms with E-state index in [4.69, 9.17) is 14.7 Å². The number of nitrogens with one attached hydrogen (secondary N) is 1. The molecular formula is C23H28N2O3. The summed E-state index contributed by atoms with van der Waals surface area (Å²) in [4.78, 5) is 11.5. The molecule has 2 aromatic carbocycles. The van der Waals surface area contributed by atoms with Crippen LogP contribution in [-0.4, -0.2) is 19.1 Å². The van der Waals surface area contributed by atoms with Gasteiger partial charge in [0.1, 0.15) is 31.1 Å². The molecule has 2 aromatic rings. The number of carbonyl (C=O) groups is 1. The Hall–Kier alpha value is -3.00. The molecule has 0 heterocycles. The van der Waals surface area contributed by atoms with E-state index < -0.39 is 0 Å². The van der Waals surface area contributed by atoms with Gasteiger partial charge in [0.05, 0.1) is 6.07 Å². The van der Waals surface area contributed by atoms with Crippen LogP contribution in [0.4, 0.5) is 0 Å². The number of benzene rings is 2. The maximum absolute atomic E-state index is 11.5. The molecule has 0 aliphatic carbocycles. The van der Waals surface area contributed by atoms with Gasteiger partial charge in [-0.3, -0.25) is 4.79 Å². The molecule has 1 N–H and O–H groups in total. The molecule has 0 bridgehead atoms. The van der Waals surface area contributed by atoms with Gasteiger partial charge in [0.25, 0.3) is 0 Å². The predicted molar refractivity (Wildman–Crippen MR) is 109 cm³/mol. The molecule has 148 valence electrons. The van der Waals surface area contributed by atoms with Gasteiger partial charge in [-0.05, 0) is 30.0 Å². The molecule has 0 saturated carbocycles. The van der Waals surface area contributed by atoms with Crippen LogP contribution in [0, 0.1) is 18.3 Å². The summed E-state index contributed by atoms with van der Waals surface area (Å²) in [5.41, 5.74) is 3.24. The van der Waals surface area contributed by atoms with Crippen LogP contribution in [0.5, 0.6) is 11.5 Å². The Morgan fingerprint density at radius 2 is 1.75 bits per heavy atom. The van der Waals surface area contributed by atoms with Crippen molar-refractivity contribution in [1.29, 1.82) is 5.26 Å². The van der Waals surface area contributed by atoms with E-state index in [-0.39, 0.29) is 17.7 Å². The molecule has 5 nitrogen and oxygen atoms in total. The van der Waals surface area contributed by atoms with E-state index in [1.807, 2.05) is 42.5 Å². The monoisotopic (exact) mass is 380 g/mol. The highest BCUT2D eigenvalue weighted by molar-refractivity contribution is 5.78. The molecule has 0 atom stereocenters. The topological polar surface area (TPSA) is 71.3 Å². The predicted octanol–water partition coefficient (Wildman–Crippen LogP) is 4.28. The Morgan fingerprint density at radius 1 is 1.07 bits per heavy atom. The van der Waals surface area contributed by atoms with Crippen molar-refractivity contribution in [3.05, 3.63) is 59.2 Å². The van der Waals surface area contributed by atoms with Crippen LogP contribution in [0.25, 0.3) is 0 Å². The second kappa shape index (κ2) is 9.80. The van der Waals surface area contributed by atoms with Gasteiger partial charge in [0.2, 0.25) is 5.91 Å². The zero-order chi connectivity index (χ0) is 20.6. The molecule has 0 fully saturated rings. The first-order chi connectivity index (χ1) is 13.3. The van der Waals surface area contributed by atoms with Crippen LogP contribution in [0.15, 0.2) is 42.5 Å². The Labute approximate surface area is 167 Å². The van der Waals surface area contributed by atoms with Crippen LogP contribution in [0.2, 0.25) is 0 Å². The Balaban J connectivity index is 1.93. The van der Waals surface area contributed by atoms with Gasteiger partial charge in [-0.1, -0.05) is 56.7 Å². The van der Waals surface area contributed by atoms with Crippen molar-refractivity contribution in [2.45, 2.75) is 46.1 Å². The smallest absolute Gasteiger partial charge is 0.234 e. The molecule has 1 amide bonds. The molecule has 0 aliphatic heterocycles. The number of ether oxygens (including phenoxy) is 2. The number of para-hydroxylation sites is 1. The standard InChI is InChI=1S/C23H28N2O3/c1-17-9-10-21(19(15-17)23(2,3)4)28-14-13-27-20-8-6-5-7-18(20)16-25-22(26)11-12-24/h5-10,15H,11,13-14,16H2,1-4H3,(H,25,26). The number of hydrogen-bond acceptors (Lipinski definition) is 4. The minimum absolute atomic E-state index is 0.00353. The van der Waals surface area contributed by atoms with E-state index in [2.05, 4.69) is 39.1 Å². The van der Waals surface area contributed by atoms with Gasteiger partial charge in [0, 0.05) is 12.1 Å². The zero-order valence-corrected chi connectivity index (χ0v) is 17.0. The highest BCUT2D eigenvalue weighted by atomic mass is 16.5. The molecule has 0 unspecified atom stereocenters. The van der Waals surface area contributed by atoms with Crippen molar-refractivity contribution in [2.24, 2.45) is 0 Å². The van der Waals surface area contributed by atoms with Gasteiger partial charge in [0.15, 0.2) is 0 Å². The summed E-state index contributed by atoms with van der Waals surface area (Å²) < 4.78 is 11.8. The van der Waals surface area contributed by atoms with Gasteiger partial charge >= 0.3 is 0 Å². The fourth-order valence-electron chi connectivity index (χ4n) is 2.78. The summed E-state index contributed by atoms with van der Waals surface area (Å²) in [6, 6.07) is 15.6. The highest BCUT2D eigenvalue weighted by Crippen LogP contribution is 2.32. The third-order valence-corrected chi connectivity index (χ3v) is 4.23. The number of amides is 1. The maximum atomic E-state index is 11.5. The van der Waals surface area contributed by atoms with Crippen molar-refractivity contribution in [3.63, 3.8) is 0 Å². The summed E-state index contributed by atoms with van der Waals surface area (Å²) in [5.74, 6) is 1.27. The summed E-state index contributed by atoms with van der Waals surface area (Å²) >= 11 is 0. The first-order valence-electron chi connectivity index (χ1n) is 9.39. The summed E-state index contributed by atoms with van der Waals surface area (Å²) in [6.07, 6.45) is -0.149. The van der Waals surface area contributed by atoms with Gasteiger partial charge in [-0.25, -0.2) is 0 Å². The number of nitriles is 1. The lowest BCUT2D eigenvalue weighted by Crippen LogP contribution is -2.22. The van der Waals surface area contributed by atoms with E-state index in [0.717, 1.165) is 11.3 Å². The number of nitrogens with zero attached hydrogens (tertiary/aromatic N) is 1. The number of rotatable bonds is 8. The molecule has 28 heavy (non-hydrogen) atoms. The molecule has 0 radical (unpaired) electrons. The van der Waals surface area contributed by atoms with Gasteiger partial charge < -0.3 is 14.8 Å². The largest absolute Gasteiger partial charge is 0.490 e. The SMILES string of the molecule is Cc1ccc(OCCOc2ccccc2CNC(=O)CC#N)c(C(C)(C)C)c1. The summed E-state index contributed by atoms with van der Waals surface area (Å²) in [6.45, 7) is 9.71. The average Bonchev–Trinajstić information content (AvgIpc) is 2.64. The normalized spacial score (nSPS) is 10.8. The Kier molecular flexibility index (Phi) is 7.45.